The van der Waals surface area contributed by atoms with Gasteiger partial charge >= 0.3 is 0 Å². The van der Waals surface area contributed by atoms with Crippen molar-refractivity contribution in [2.75, 3.05) is 0 Å². The lowest BCUT2D eigenvalue weighted by Crippen LogP contribution is -2.58. The first-order valence-corrected chi connectivity index (χ1v) is 20.8. The van der Waals surface area contributed by atoms with Crippen molar-refractivity contribution in [2.45, 2.75) is 125 Å². The highest BCUT2D eigenvalue weighted by atomic mass is 14.2. The summed E-state index contributed by atoms with van der Waals surface area (Å²) in [6, 6.07) is 24.1. The van der Waals surface area contributed by atoms with Gasteiger partial charge in [-0.1, -0.05) is 171 Å². The van der Waals surface area contributed by atoms with E-state index in [1.165, 1.54) is 144 Å². The first-order valence-electron chi connectivity index (χ1n) is 20.8. The zero-order valence-electron chi connectivity index (χ0n) is 37.9. The molecule has 0 aliphatic rings. The van der Waals surface area contributed by atoms with Crippen LogP contribution in [0.25, 0.3) is 11.1 Å². The molecule has 0 heterocycles. The monoisotopic (exact) mass is 735 g/mol. The van der Waals surface area contributed by atoms with Gasteiger partial charge in [0.25, 0.3) is 0 Å². The minimum Gasteiger partial charge on any atom is -0.0629 e. The van der Waals surface area contributed by atoms with Crippen LogP contribution in [0.5, 0.6) is 0 Å². The molecule has 0 saturated heterocycles. The Kier molecular flexibility index (Phi) is 11.3. The fraction of sp³-hybridized carbons (Fsp3) is 0.333. The quantitative estimate of drug-likeness (QED) is 0.143. The number of hydrogen-bond donors (Lipinski definition) is 0. The number of rotatable bonds is 7. The molecule has 0 atom stereocenters. The molecule has 0 saturated carbocycles. The van der Waals surface area contributed by atoms with Crippen LogP contribution in [0.15, 0.2) is 60.7 Å². The number of hydrogen-bond acceptors (Lipinski definition) is 0. The van der Waals surface area contributed by atoms with Gasteiger partial charge in [0.15, 0.2) is 0 Å². The Labute approximate surface area is 341 Å². The molecule has 286 valence electrons. The molecular weight excluding hydrogens is 670 g/mol. The van der Waals surface area contributed by atoms with E-state index in [9.17, 15) is 0 Å². The standard InChI is InChI=1S/C54H64B2/c1-29-19-35(7)49(36(8)20-29)55(50-37(9)21-30(2)22-38(50)10)53-43(15)27-33(5)47(45(53)17)48-34(6)28-44(16)54(46(48)18)56(51-39(11)23-31(3)24-40(51)12)52-41(13)25-32(4)26-42(52)14/h19-28H,1-18H3. The summed E-state index contributed by atoms with van der Waals surface area (Å²) >= 11 is 0. The average Bonchev–Trinajstić information content (AvgIpc) is 3.03. The summed E-state index contributed by atoms with van der Waals surface area (Å²) in [6.45, 7) is 42.0. The molecule has 0 aliphatic carbocycles. The summed E-state index contributed by atoms with van der Waals surface area (Å²) in [5.74, 6) is 0. The van der Waals surface area contributed by atoms with Crippen LogP contribution in [-0.4, -0.2) is 13.4 Å². The van der Waals surface area contributed by atoms with E-state index in [2.05, 4.69) is 185 Å². The van der Waals surface area contributed by atoms with Gasteiger partial charge in [0, 0.05) is 0 Å². The van der Waals surface area contributed by atoms with E-state index in [0.717, 1.165) is 0 Å². The maximum absolute atomic E-state index is 2.49. The van der Waals surface area contributed by atoms with Gasteiger partial charge in [-0.3, -0.25) is 0 Å². The second-order valence-corrected chi connectivity index (χ2v) is 18.0. The third-order valence-corrected chi connectivity index (χ3v) is 13.0. The summed E-state index contributed by atoms with van der Waals surface area (Å²) in [5.41, 5.74) is 35.9. The molecule has 0 nitrogen and oxygen atoms in total. The van der Waals surface area contributed by atoms with Gasteiger partial charge < -0.3 is 0 Å². The first-order chi connectivity index (χ1) is 26.2. The van der Waals surface area contributed by atoms with Crippen LogP contribution in [0.1, 0.15) is 100 Å². The van der Waals surface area contributed by atoms with Crippen molar-refractivity contribution in [1.82, 2.24) is 0 Å². The van der Waals surface area contributed by atoms with E-state index < -0.39 is 0 Å². The molecule has 0 amide bonds. The fourth-order valence-electron chi connectivity index (χ4n) is 11.5. The Morgan fingerprint density at radius 2 is 0.393 bits per heavy atom. The fourth-order valence-corrected chi connectivity index (χ4v) is 11.5. The lowest BCUT2D eigenvalue weighted by molar-refractivity contribution is 1.29. The molecule has 2 heteroatoms. The van der Waals surface area contributed by atoms with Crippen molar-refractivity contribution in [3.05, 3.63) is 161 Å². The molecule has 56 heavy (non-hydrogen) atoms. The second kappa shape index (κ2) is 15.4. The second-order valence-electron chi connectivity index (χ2n) is 18.0. The normalized spacial score (nSPS) is 11.4. The van der Waals surface area contributed by atoms with Crippen LogP contribution in [0.3, 0.4) is 0 Å². The Hall–Kier alpha value is -4.55. The maximum atomic E-state index is 2.49. The van der Waals surface area contributed by atoms with Crippen LogP contribution in [0.2, 0.25) is 0 Å². The molecular formula is C54H64B2. The van der Waals surface area contributed by atoms with Crippen molar-refractivity contribution in [3.8, 4) is 11.1 Å². The summed E-state index contributed by atoms with van der Waals surface area (Å²) in [5, 5.41) is 0. The molecule has 0 fully saturated rings. The molecule has 0 bridgehead atoms. The van der Waals surface area contributed by atoms with Gasteiger partial charge in [0.05, 0.1) is 0 Å². The topological polar surface area (TPSA) is 0 Å². The third kappa shape index (κ3) is 7.15. The lowest BCUT2D eigenvalue weighted by Gasteiger charge is -2.31. The van der Waals surface area contributed by atoms with E-state index in [-0.39, 0.29) is 13.4 Å². The van der Waals surface area contributed by atoms with Gasteiger partial charge in [0.1, 0.15) is 0 Å². The Morgan fingerprint density at radius 3 is 0.589 bits per heavy atom. The molecule has 6 rings (SSSR count). The van der Waals surface area contributed by atoms with E-state index >= 15 is 0 Å². The molecule has 0 unspecified atom stereocenters. The Balaban J connectivity index is 1.75. The van der Waals surface area contributed by atoms with Crippen LogP contribution >= 0.6 is 0 Å². The largest absolute Gasteiger partial charge is 0.243 e. The van der Waals surface area contributed by atoms with E-state index in [1.54, 1.807) is 0 Å². The van der Waals surface area contributed by atoms with Crippen LogP contribution < -0.4 is 32.8 Å². The summed E-state index contributed by atoms with van der Waals surface area (Å²) in [6.07, 6.45) is 0. The molecule has 0 N–H and O–H groups in total. The minimum absolute atomic E-state index is 0.115. The highest BCUT2D eigenvalue weighted by Crippen LogP contribution is 2.34. The van der Waals surface area contributed by atoms with Crippen molar-refractivity contribution >= 4 is 46.2 Å². The predicted octanol–water partition coefficient (Wildman–Crippen LogP) is 9.94. The average molecular weight is 735 g/mol. The van der Waals surface area contributed by atoms with Gasteiger partial charge in [-0.05, 0) is 158 Å². The zero-order valence-corrected chi connectivity index (χ0v) is 37.9. The number of benzene rings is 6. The Morgan fingerprint density at radius 1 is 0.214 bits per heavy atom. The van der Waals surface area contributed by atoms with E-state index in [4.69, 9.17) is 0 Å². The van der Waals surface area contributed by atoms with Crippen molar-refractivity contribution in [1.29, 1.82) is 0 Å². The molecule has 6 aromatic rings. The zero-order chi connectivity index (χ0) is 41.2. The van der Waals surface area contributed by atoms with E-state index in [1.807, 2.05) is 0 Å². The van der Waals surface area contributed by atoms with Crippen molar-refractivity contribution in [2.24, 2.45) is 0 Å². The smallest absolute Gasteiger partial charge is 0.0629 e. The predicted molar refractivity (Wildman–Crippen MR) is 252 cm³/mol. The molecule has 6 aromatic carbocycles. The van der Waals surface area contributed by atoms with Gasteiger partial charge in [-0.25, -0.2) is 0 Å². The summed E-state index contributed by atoms with van der Waals surface area (Å²) in [4.78, 5) is 0. The highest BCUT2D eigenvalue weighted by molar-refractivity contribution is 6.98. The lowest BCUT2D eigenvalue weighted by atomic mass is 9.32. The molecule has 0 radical (unpaired) electrons. The van der Waals surface area contributed by atoms with E-state index in [0.29, 0.717) is 0 Å². The van der Waals surface area contributed by atoms with Gasteiger partial charge in [0.2, 0.25) is 13.4 Å². The summed E-state index contributed by atoms with van der Waals surface area (Å²) < 4.78 is 0. The molecule has 0 aliphatic heterocycles. The molecule has 0 spiro atoms. The maximum Gasteiger partial charge on any atom is 0.243 e. The van der Waals surface area contributed by atoms with Crippen LogP contribution in [-0.2, 0) is 0 Å². The summed E-state index contributed by atoms with van der Waals surface area (Å²) in [7, 11) is 0. The Bertz CT molecular complexity index is 2170. The third-order valence-electron chi connectivity index (χ3n) is 13.0. The number of aryl methyl sites for hydroxylation is 16. The van der Waals surface area contributed by atoms with Gasteiger partial charge in [-0.2, -0.15) is 0 Å². The minimum atomic E-state index is 0.115. The first kappa shape index (κ1) is 41.1. The van der Waals surface area contributed by atoms with Crippen LogP contribution in [0.4, 0.5) is 0 Å². The van der Waals surface area contributed by atoms with Crippen molar-refractivity contribution in [3.63, 3.8) is 0 Å². The van der Waals surface area contributed by atoms with Gasteiger partial charge in [-0.15, -0.1) is 0 Å². The SMILES string of the molecule is Cc1cc(C)c(B(c2c(C)cc(C)cc2C)c2c(C)cc(C)c(-c3c(C)cc(C)c(B(c4c(C)cc(C)cc4C)c4c(C)cc(C)cc4C)c3C)c2C)c(C)c1. The highest BCUT2D eigenvalue weighted by Gasteiger charge is 2.35. The van der Waals surface area contributed by atoms with Crippen molar-refractivity contribution < 1.29 is 0 Å². The van der Waals surface area contributed by atoms with Crippen LogP contribution in [0, 0.1) is 125 Å². The molecule has 0 aromatic heterocycles.